The van der Waals surface area contributed by atoms with Crippen LogP contribution in [0.5, 0.6) is 0 Å². The second-order valence-corrected chi connectivity index (χ2v) is 15.5. The zero-order chi connectivity index (χ0) is 32.7. The van der Waals surface area contributed by atoms with Crippen LogP contribution in [0, 0.1) is 0 Å². The van der Waals surface area contributed by atoms with E-state index in [2.05, 4.69) is 5.38 Å². The van der Waals surface area contributed by atoms with Crippen LogP contribution in [0.15, 0.2) is 78.2 Å². The van der Waals surface area contributed by atoms with Gasteiger partial charge in [-0.15, -0.1) is 11.3 Å². The highest BCUT2D eigenvalue weighted by Gasteiger charge is 2.27. The quantitative estimate of drug-likeness (QED) is 0.0985. The number of aryl methyl sites for hydroxylation is 2. The van der Waals surface area contributed by atoms with E-state index in [4.69, 9.17) is 16.6 Å². The number of thiol groups is 1. The Kier molecular flexibility index (Phi) is 11.4. The Bertz CT molecular complexity index is 1830. The molecule has 1 aliphatic rings. The van der Waals surface area contributed by atoms with Crippen LogP contribution in [-0.4, -0.2) is 46.0 Å². The third-order valence-electron chi connectivity index (χ3n) is 8.10. The van der Waals surface area contributed by atoms with Gasteiger partial charge in [-0.2, -0.15) is 0 Å². The molecule has 0 aliphatic heterocycles. The molecule has 0 saturated heterocycles. The molecule has 1 aliphatic carbocycles. The van der Waals surface area contributed by atoms with E-state index >= 15 is 0 Å². The number of carboxylic acids is 1. The number of benzene rings is 3. The summed E-state index contributed by atoms with van der Waals surface area (Å²) in [6.07, 6.45) is 5.79. The molecule has 1 aromatic heterocycles. The van der Waals surface area contributed by atoms with E-state index in [1.807, 2.05) is 18.2 Å². The van der Waals surface area contributed by atoms with Gasteiger partial charge < -0.3 is 5.11 Å². The SMILES string of the molecule is O=C(O)c1ccccc1N(CCCCN(c1ccc(Cl)cc1)[SH](=O)=O)S(=O)(=O)Cc1cccc(CCc2nc(C3CCC3)cs2)c1. The molecule has 1 fully saturated rings. The molecule has 0 radical (unpaired) electrons. The van der Waals surface area contributed by atoms with E-state index in [1.165, 1.54) is 41.4 Å². The zero-order valence-corrected chi connectivity index (χ0v) is 28.4. The van der Waals surface area contributed by atoms with Gasteiger partial charge in [0, 0.05) is 35.8 Å². The zero-order valence-electron chi connectivity index (χ0n) is 25.1. The predicted molar refractivity (Wildman–Crippen MR) is 184 cm³/mol. The number of carbonyl (C=O) groups is 1. The molecule has 0 amide bonds. The summed E-state index contributed by atoms with van der Waals surface area (Å²) in [6.45, 7) is 0.0991. The lowest BCUT2D eigenvalue weighted by Crippen LogP contribution is -2.35. The lowest BCUT2D eigenvalue weighted by molar-refractivity contribution is 0.0697. The van der Waals surface area contributed by atoms with Crippen LogP contribution in [-0.2, 0) is 39.5 Å². The van der Waals surface area contributed by atoms with Crippen molar-refractivity contribution in [1.82, 2.24) is 4.98 Å². The number of aromatic nitrogens is 1. The molecule has 0 atom stereocenters. The number of unbranched alkanes of at least 4 members (excludes halogenated alkanes) is 1. The number of para-hydroxylation sites is 1. The Labute approximate surface area is 280 Å². The van der Waals surface area contributed by atoms with Crippen LogP contribution in [0.3, 0.4) is 0 Å². The maximum absolute atomic E-state index is 14.0. The van der Waals surface area contributed by atoms with Crippen molar-refractivity contribution in [3.63, 3.8) is 0 Å². The molecular formula is C33H36ClN3O6S3. The summed E-state index contributed by atoms with van der Waals surface area (Å²) in [6, 6.07) is 19.9. The van der Waals surface area contributed by atoms with Crippen molar-refractivity contribution < 1.29 is 26.7 Å². The van der Waals surface area contributed by atoms with E-state index in [9.17, 15) is 26.7 Å². The Hall–Kier alpha value is -3.45. The monoisotopic (exact) mass is 701 g/mol. The molecule has 1 saturated carbocycles. The molecule has 1 N–H and O–H groups in total. The van der Waals surface area contributed by atoms with E-state index in [0.717, 1.165) is 27.7 Å². The summed E-state index contributed by atoms with van der Waals surface area (Å²) >= 11 is 7.62. The smallest absolute Gasteiger partial charge is 0.337 e. The molecule has 0 unspecified atom stereocenters. The van der Waals surface area contributed by atoms with Gasteiger partial charge in [0.2, 0.25) is 20.9 Å². The fourth-order valence-corrected chi connectivity index (χ4v) is 8.72. The standard InChI is InChI=1S/C33H36ClN3O6S3/c34-27-14-16-28(17-15-27)36(45(40)41)19-3-4-20-37(31-12-2-1-11-29(31)33(38)39)46(42,43)23-25-8-5-7-24(21-25)13-18-32-35-30(22-44-32)26-9-6-10-26/h1-2,5,7-8,11-12,14-17,21-22,26,45H,3-4,6,9-10,13,18-20,23H2,(H,38,39). The summed E-state index contributed by atoms with van der Waals surface area (Å²) < 4.78 is 54.2. The van der Waals surface area contributed by atoms with Gasteiger partial charge in [0.25, 0.3) is 0 Å². The minimum absolute atomic E-state index is 0.0240. The Morgan fingerprint density at radius 2 is 1.67 bits per heavy atom. The van der Waals surface area contributed by atoms with Crippen LogP contribution in [0.2, 0.25) is 5.02 Å². The molecule has 1 heterocycles. The van der Waals surface area contributed by atoms with Crippen molar-refractivity contribution in [1.29, 1.82) is 0 Å². The van der Waals surface area contributed by atoms with Gasteiger partial charge in [-0.1, -0.05) is 54.4 Å². The van der Waals surface area contributed by atoms with Crippen molar-refractivity contribution in [2.45, 2.75) is 56.6 Å². The highest BCUT2D eigenvalue weighted by molar-refractivity contribution is 7.92. The number of carboxylic acid groups (broad SMARTS) is 1. The van der Waals surface area contributed by atoms with Gasteiger partial charge in [-0.3, -0.25) is 8.61 Å². The Balaban J connectivity index is 1.29. The summed E-state index contributed by atoms with van der Waals surface area (Å²) in [5.74, 6) is -0.967. The number of halogens is 1. The fraction of sp³-hybridized carbons (Fsp3) is 0.333. The highest BCUT2D eigenvalue weighted by atomic mass is 35.5. The van der Waals surface area contributed by atoms with Crippen molar-refractivity contribution in [2.75, 3.05) is 21.7 Å². The first-order valence-corrected chi connectivity index (χ1v) is 19.1. The van der Waals surface area contributed by atoms with E-state index in [1.54, 1.807) is 53.8 Å². The molecule has 13 heteroatoms. The van der Waals surface area contributed by atoms with Crippen LogP contribution in [0.4, 0.5) is 11.4 Å². The third-order valence-corrected chi connectivity index (χ3v) is 11.9. The molecule has 244 valence electrons. The first-order chi connectivity index (χ1) is 22.1. The largest absolute Gasteiger partial charge is 0.478 e. The number of anilines is 2. The topological polar surface area (TPSA) is 125 Å². The first-order valence-electron chi connectivity index (χ1n) is 15.1. The van der Waals surface area contributed by atoms with E-state index in [0.29, 0.717) is 28.6 Å². The van der Waals surface area contributed by atoms with Gasteiger partial charge >= 0.3 is 5.97 Å². The minimum Gasteiger partial charge on any atom is -0.478 e. The van der Waals surface area contributed by atoms with Gasteiger partial charge in [-0.25, -0.2) is 26.6 Å². The predicted octanol–water partition coefficient (Wildman–Crippen LogP) is 6.70. The number of sulfonamides is 1. The molecule has 0 bridgehead atoms. The number of rotatable bonds is 16. The van der Waals surface area contributed by atoms with Crippen molar-refractivity contribution >= 4 is 61.2 Å². The number of aromatic carboxylic acids is 1. The number of hydrogen-bond acceptors (Lipinski definition) is 7. The van der Waals surface area contributed by atoms with Crippen molar-refractivity contribution in [2.24, 2.45) is 0 Å². The lowest BCUT2D eigenvalue weighted by Gasteiger charge is -2.26. The second kappa shape index (κ2) is 15.4. The molecular weight excluding hydrogens is 666 g/mol. The van der Waals surface area contributed by atoms with E-state index in [-0.39, 0.29) is 36.5 Å². The fourth-order valence-electron chi connectivity index (χ4n) is 5.46. The third kappa shape index (κ3) is 8.67. The summed E-state index contributed by atoms with van der Waals surface area (Å²) in [7, 11) is -6.97. The minimum atomic E-state index is -4.03. The summed E-state index contributed by atoms with van der Waals surface area (Å²) in [4.78, 5) is 16.9. The average molecular weight is 702 g/mol. The summed E-state index contributed by atoms with van der Waals surface area (Å²) in [5, 5.41) is 13.6. The molecule has 0 spiro atoms. The molecule has 5 rings (SSSR count). The Morgan fingerprint density at radius 3 is 2.37 bits per heavy atom. The Morgan fingerprint density at radius 1 is 0.957 bits per heavy atom. The number of nitrogens with zero attached hydrogens (tertiary/aromatic N) is 3. The molecule has 46 heavy (non-hydrogen) atoms. The van der Waals surface area contributed by atoms with Gasteiger partial charge in [0.05, 0.1) is 33.4 Å². The average Bonchev–Trinajstić information content (AvgIpc) is 3.45. The molecule has 9 nitrogen and oxygen atoms in total. The maximum atomic E-state index is 14.0. The second-order valence-electron chi connectivity index (χ2n) is 11.3. The van der Waals surface area contributed by atoms with Crippen LogP contribution in [0.1, 0.15) is 70.2 Å². The van der Waals surface area contributed by atoms with Crippen LogP contribution >= 0.6 is 22.9 Å². The van der Waals surface area contributed by atoms with Gasteiger partial charge in [-0.05, 0) is 79.6 Å². The maximum Gasteiger partial charge on any atom is 0.337 e. The van der Waals surface area contributed by atoms with E-state index < -0.39 is 26.9 Å². The number of hydrogen-bond donors (Lipinski definition) is 2. The van der Waals surface area contributed by atoms with Crippen molar-refractivity contribution in [3.8, 4) is 0 Å². The summed E-state index contributed by atoms with van der Waals surface area (Å²) in [5.41, 5.74) is 3.18. The van der Waals surface area contributed by atoms with Crippen LogP contribution in [0.25, 0.3) is 0 Å². The first kappa shape index (κ1) is 33.9. The lowest BCUT2D eigenvalue weighted by atomic mass is 9.83. The van der Waals surface area contributed by atoms with Gasteiger partial charge in [0.15, 0.2) is 0 Å². The normalized spacial score (nSPS) is 13.4. The highest BCUT2D eigenvalue weighted by Crippen LogP contribution is 2.36. The molecule has 3 aromatic carbocycles. The van der Waals surface area contributed by atoms with Gasteiger partial charge in [0.1, 0.15) is 0 Å². The molecule has 4 aromatic rings. The van der Waals surface area contributed by atoms with Crippen LogP contribution < -0.4 is 8.61 Å². The van der Waals surface area contributed by atoms with Crippen molar-refractivity contribution in [3.05, 3.63) is 111 Å². The number of thiazole rings is 1.